The smallest absolute Gasteiger partial charge is 0.257 e. The lowest BCUT2D eigenvalue weighted by Crippen LogP contribution is -2.51. The Kier molecular flexibility index (Phi) is 2.49. The third-order valence-electron chi connectivity index (χ3n) is 4.08. The Morgan fingerprint density at radius 3 is 2.79 bits per heavy atom. The average molecular weight is 256 g/mol. The quantitative estimate of drug-likeness (QED) is 0.723. The number of hydrogen-bond acceptors (Lipinski definition) is 2. The van der Waals surface area contributed by atoms with Crippen LogP contribution in [0.25, 0.3) is 0 Å². The van der Waals surface area contributed by atoms with Crippen LogP contribution in [-0.2, 0) is 4.79 Å². The number of hydrogen-bond donors (Lipinski definition) is 1. The Morgan fingerprint density at radius 1 is 1.32 bits per heavy atom. The van der Waals surface area contributed by atoms with Gasteiger partial charge in [-0.25, -0.2) is 0 Å². The Morgan fingerprint density at radius 2 is 2.05 bits per heavy atom. The summed E-state index contributed by atoms with van der Waals surface area (Å²) in [5.74, 6) is -0.184. The molecular formula is C15H16N2O2. The van der Waals surface area contributed by atoms with E-state index in [0.29, 0.717) is 24.2 Å². The molecule has 0 saturated carbocycles. The van der Waals surface area contributed by atoms with Gasteiger partial charge in [0.25, 0.3) is 5.91 Å². The Balaban J connectivity index is 2.14. The van der Waals surface area contributed by atoms with Crippen LogP contribution in [0.15, 0.2) is 35.9 Å². The lowest BCUT2D eigenvalue weighted by Gasteiger charge is -2.30. The number of benzene rings is 1. The van der Waals surface area contributed by atoms with Crippen LogP contribution in [0.2, 0.25) is 0 Å². The van der Waals surface area contributed by atoms with Gasteiger partial charge in [-0.15, -0.1) is 0 Å². The summed E-state index contributed by atoms with van der Waals surface area (Å²) in [6.45, 7) is 4.32. The number of anilines is 1. The number of allylic oxidation sites excluding steroid dienone is 1. The molecule has 98 valence electrons. The summed E-state index contributed by atoms with van der Waals surface area (Å²) in [6, 6.07) is 7.17. The van der Waals surface area contributed by atoms with Crippen molar-refractivity contribution in [1.29, 1.82) is 0 Å². The number of carbonyl (C=O) groups is 2. The maximum atomic E-state index is 12.6. The van der Waals surface area contributed by atoms with E-state index in [0.717, 1.165) is 5.57 Å². The number of carbonyl (C=O) groups excluding carboxylic acids is 2. The molecule has 2 aliphatic rings. The molecule has 4 nitrogen and oxygen atoms in total. The number of nitrogens with zero attached hydrogens (tertiary/aromatic N) is 1. The molecule has 0 bridgehead atoms. The second-order valence-corrected chi connectivity index (χ2v) is 5.29. The molecule has 0 spiro atoms. The Bertz CT molecular complexity index is 606. The fraction of sp³-hybridized carbons (Fsp3) is 0.333. The molecule has 0 aromatic heterocycles. The van der Waals surface area contributed by atoms with E-state index in [2.05, 4.69) is 5.32 Å². The number of para-hydroxylation sites is 1. The third kappa shape index (κ3) is 1.59. The molecule has 2 aliphatic heterocycles. The summed E-state index contributed by atoms with van der Waals surface area (Å²) < 4.78 is 0. The molecule has 1 fully saturated rings. The van der Waals surface area contributed by atoms with Crippen molar-refractivity contribution >= 4 is 17.5 Å². The highest BCUT2D eigenvalue weighted by atomic mass is 16.2. The van der Waals surface area contributed by atoms with E-state index in [1.54, 1.807) is 17.0 Å². The van der Waals surface area contributed by atoms with E-state index in [1.165, 1.54) is 0 Å². The maximum absolute atomic E-state index is 12.6. The van der Waals surface area contributed by atoms with Gasteiger partial charge < -0.3 is 10.2 Å². The fourth-order valence-corrected chi connectivity index (χ4v) is 2.84. The number of amides is 2. The zero-order chi connectivity index (χ0) is 13.6. The summed E-state index contributed by atoms with van der Waals surface area (Å²) >= 11 is 0. The first-order valence-electron chi connectivity index (χ1n) is 6.43. The summed E-state index contributed by atoms with van der Waals surface area (Å²) in [4.78, 5) is 26.8. The molecule has 0 unspecified atom stereocenters. The van der Waals surface area contributed by atoms with Gasteiger partial charge in [0.05, 0.1) is 11.3 Å². The van der Waals surface area contributed by atoms with Crippen molar-refractivity contribution in [3.63, 3.8) is 0 Å². The largest absolute Gasteiger partial charge is 0.323 e. The SMILES string of the molecule is C/C=C1/CN2C(=O)c3ccccc3NC(=O)[C@]2(C)C1. The number of nitrogens with one attached hydrogen (secondary N) is 1. The molecule has 2 heterocycles. The van der Waals surface area contributed by atoms with E-state index in [-0.39, 0.29) is 11.8 Å². The normalized spacial score (nSPS) is 27.9. The van der Waals surface area contributed by atoms with Crippen LogP contribution in [0.5, 0.6) is 0 Å². The lowest BCUT2D eigenvalue weighted by molar-refractivity contribution is -0.124. The van der Waals surface area contributed by atoms with Gasteiger partial charge in [0.1, 0.15) is 5.54 Å². The third-order valence-corrected chi connectivity index (χ3v) is 4.08. The molecule has 1 saturated heterocycles. The van der Waals surface area contributed by atoms with Crippen molar-refractivity contribution in [2.24, 2.45) is 0 Å². The standard InChI is InChI=1S/C15H16N2O2/c1-3-10-8-15(2)14(19)16-12-7-5-4-6-11(12)13(18)17(15)9-10/h3-7H,8-9H2,1-2H3,(H,16,19)/b10-3+/t15-/m0/s1. The zero-order valence-corrected chi connectivity index (χ0v) is 11.1. The maximum Gasteiger partial charge on any atom is 0.257 e. The first kappa shape index (κ1) is 12.0. The number of fused-ring (bicyclic) bond motifs is 2. The summed E-state index contributed by atoms with van der Waals surface area (Å²) in [5.41, 5.74) is 1.52. The van der Waals surface area contributed by atoms with Crippen molar-refractivity contribution in [2.45, 2.75) is 25.8 Å². The molecule has 0 radical (unpaired) electrons. The van der Waals surface area contributed by atoms with Crippen LogP contribution in [0.3, 0.4) is 0 Å². The average Bonchev–Trinajstić information content (AvgIpc) is 2.74. The van der Waals surface area contributed by atoms with Crippen LogP contribution >= 0.6 is 0 Å². The van der Waals surface area contributed by atoms with Crippen LogP contribution in [-0.4, -0.2) is 28.8 Å². The monoisotopic (exact) mass is 256 g/mol. The summed E-state index contributed by atoms with van der Waals surface area (Å²) in [6.07, 6.45) is 2.60. The van der Waals surface area contributed by atoms with Gasteiger partial charge in [-0.1, -0.05) is 23.8 Å². The first-order valence-corrected chi connectivity index (χ1v) is 6.43. The van der Waals surface area contributed by atoms with Crippen LogP contribution in [0.1, 0.15) is 30.6 Å². The molecule has 1 N–H and O–H groups in total. The van der Waals surface area contributed by atoms with Gasteiger partial charge in [0.15, 0.2) is 0 Å². The molecule has 1 atom stereocenters. The van der Waals surface area contributed by atoms with E-state index < -0.39 is 5.54 Å². The fourth-order valence-electron chi connectivity index (χ4n) is 2.84. The van der Waals surface area contributed by atoms with Crippen LogP contribution in [0, 0.1) is 0 Å². The molecule has 19 heavy (non-hydrogen) atoms. The minimum atomic E-state index is -0.780. The van der Waals surface area contributed by atoms with E-state index in [9.17, 15) is 9.59 Å². The van der Waals surface area contributed by atoms with Gasteiger partial charge in [0.2, 0.25) is 5.91 Å². The predicted octanol–water partition coefficient (Wildman–Crippen LogP) is 2.19. The van der Waals surface area contributed by atoms with E-state index in [4.69, 9.17) is 0 Å². The highest BCUT2D eigenvalue weighted by Gasteiger charge is 2.49. The summed E-state index contributed by atoms with van der Waals surface area (Å²) in [7, 11) is 0. The molecule has 1 aromatic carbocycles. The Labute approximate surface area is 112 Å². The van der Waals surface area contributed by atoms with Crippen molar-refractivity contribution in [3.05, 3.63) is 41.5 Å². The van der Waals surface area contributed by atoms with Gasteiger partial charge in [0, 0.05) is 13.0 Å². The van der Waals surface area contributed by atoms with Crippen molar-refractivity contribution in [1.82, 2.24) is 4.90 Å². The molecule has 4 heteroatoms. The van der Waals surface area contributed by atoms with Crippen molar-refractivity contribution < 1.29 is 9.59 Å². The highest BCUT2D eigenvalue weighted by Crippen LogP contribution is 2.38. The van der Waals surface area contributed by atoms with Gasteiger partial charge in [-0.3, -0.25) is 9.59 Å². The van der Waals surface area contributed by atoms with Crippen molar-refractivity contribution in [2.75, 3.05) is 11.9 Å². The minimum Gasteiger partial charge on any atom is -0.323 e. The molecular weight excluding hydrogens is 240 g/mol. The second kappa shape index (κ2) is 3.95. The van der Waals surface area contributed by atoms with Crippen LogP contribution in [0.4, 0.5) is 5.69 Å². The number of rotatable bonds is 0. The molecule has 0 aliphatic carbocycles. The minimum absolute atomic E-state index is 0.0756. The molecule has 2 amide bonds. The van der Waals surface area contributed by atoms with E-state index in [1.807, 2.05) is 32.1 Å². The van der Waals surface area contributed by atoms with Crippen molar-refractivity contribution in [3.8, 4) is 0 Å². The Hall–Kier alpha value is -2.10. The topological polar surface area (TPSA) is 49.4 Å². The van der Waals surface area contributed by atoms with Crippen LogP contribution < -0.4 is 5.32 Å². The zero-order valence-electron chi connectivity index (χ0n) is 11.1. The first-order chi connectivity index (χ1) is 9.06. The highest BCUT2D eigenvalue weighted by molar-refractivity contribution is 6.12. The summed E-state index contributed by atoms with van der Waals surface area (Å²) in [5, 5.41) is 2.88. The lowest BCUT2D eigenvalue weighted by atomic mass is 9.96. The van der Waals surface area contributed by atoms with Gasteiger partial charge in [-0.05, 0) is 26.0 Å². The van der Waals surface area contributed by atoms with E-state index >= 15 is 0 Å². The molecule has 1 aromatic rings. The van der Waals surface area contributed by atoms with Gasteiger partial charge >= 0.3 is 0 Å². The second-order valence-electron chi connectivity index (χ2n) is 5.29. The van der Waals surface area contributed by atoms with Gasteiger partial charge in [-0.2, -0.15) is 0 Å². The molecule has 3 rings (SSSR count). The predicted molar refractivity (Wildman–Crippen MR) is 72.9 cm³/mol.